The third kappa shape index (κ3) is 8.64. The number of aromatic hydroxyl groups is 1. The number of halogens is 4. The van der Waals surface area contributed by atoms with E-state index < -0.39 is 40.6 Å². The maximum atomic E-state index is 15.1. The first kappa shape index (κ1) is 40.1. The van der Waals surface area contributed by atoms with Crippen molar-refractivity contribution in [1.82, 2.24) is 0 Å². The van der Waals surface area contributed by atoms with Crippen LogP contribution < -0.4 is 9.80 Å². The Kier molecular flexibility index (Phi) is 13.2. The fraction of sp³-hybridized carbons (Fsp3) is 0.364. The molecule has 2 aliphatic carbocycles. The van der Waals surface area contributed by atoms with Crippen molar-refractivity contribution in [1.29, 1.82) is 0 Å². The highest BCUT2D eigenvalue weighted by atomic mass is 19.1. The van der Waals surface area contributed by atoms with Crippen LogP contribution in [-0.4, -0.2) is 34.9 Å². The van der Waals surface area contributed by atoms with Crippen molar-refractivity contribution in [2.45, 2.75) is 79.1 Å². The van der Waals surface area contributed by atoms with Crippen molar-refractivity contribution in [3.63, 3.8) is 0 Å². The van der Waals surface area contributed by atoms with E-state index >= 15 is 8.78 Å². The number of carbonyl (C=O) groups is 2. The summed E-state index contributed by atoms with van der Waals surface area (Å²) in [6.07, 6.45) is 11.6. The number of carbonyl (C=O) groups excluding carboxylic acids is 2. The highest BCUT2D eigenvalue weighted by molar-refractivity contribution is 6.41. The Hall–Kier alpha value is -5.12. The number of hydrogen-bond donors (Lipinski definition) is 2. The van der Waals surface area contributed by atoms with Crippen LogP contribution in [0.25, 0.3) is 5.57 Å². The molecule has 2 unspecified atom stereocenters. The molecule has 0 heterocycles. The molecule has 3 aromatic carbocycles. The number of unbranched alkanes of at least 4 members (excludes halogenated alkanes) is 2. The summed E-state index contributed by atoms with van der Waals surface area (Å²) in [7, 11) is 0. The molecule has 0 fully saturated rings. The highest BCUT2D eigenvalue weighted by Gasteiger charge is 2.40. The molecular formula is C44H48F4N2O4. The topological polar surface area (TPSA) is 81.1 Å². The van der Waals surface area contributed by atoms with E-state index in [9.17, 15) is 28.6 Å². The Morgan fingerprint density at radius 2 is 1.22 bits per heavy atom. The number of benzene rings is 3. The van der Waals surface area contributed by atoms with Crippen LogP contribution in [0.15, 0.2) is 95.4 Å². The van der Waals surface area contributed by atoms with Crippen LogP contribution in [-0.2, 0) is 9.59 Å². The third-order valence-corrected chi connectivity index (χ3v) is 10.4. The van der Waals surface area contributed by atoms with E-state index in [1.807, 2.05) is 13.8 Å². The molecule has 6 nitrogen and oxygen atoms in total. The van der Waals surface area contributed by atoms with Gasteiger partial charge in [0.05, 0.1) is 22.5 Å². The number of hydrogen-bond acceptors (Lipinski definition) is 6. The standard InChI is InChI=1S/C44H48F4N2O4/c1-5-9-11-27(7-3)25-49(37-19-13-29(45)21-35(37)47)31-15-17-33(39(51)23-31)41-43(53)42(44(41)54)34-18-16-32(24-40(34)52)50(26-28(8-4)12-10-6-2)38-20-14-30(46)22-36(38)48/h13-24,27-28,51,53H,5-12,25-26H2,1-4H3. The molecule has 2 N–H and O–H groups in total. The van der Waals surface area contributed by atoms with Gasteiger partial charge in [-0.2, -0.15) is 0 Å². The number of phenolic OH excluding ortho intramolecular Hbond substituents is 1. The number of allylic oxidation sites excluding steroid dienone is 6. The van der Waals surface area contributed by atoms with Crippen LogP contribution in [0.1, 0.15) is 84.6 Å². The summed E-state index contributed by atoms with van der Waals surface area (Å²) in [5.74, 6) is -4.68. The lowest BCUT2D eigenvalue weighted by Crippen LogP contribution is -2.31. The van der Waals surface area contributed by atoms with Crippen molar-refractivity contribution in [3.8, 4) is 5.75 Å². The van der Waals surface area contributed by atoms with Gasteiger partial charge >= 0.3 is 0 Å². The molecule has 3 aromatic rings. The number of phenols is 1. The first-order chi connectivity index (χ1) is 25.9. The summed E-state index contributed by atoms with van der Waals surface area (Å²) in [6, 6.07) is 11.0. The molecule has 0 bridgehead atoms. The lowest BCUT2D eigenvalue weighted by Gasteiger charge is -2.32. The average molecular weight is 745 g/mol. The van der Waals surface area contributed by atoms with E-state index in [1.165, 1.54) is 42.5 Å². The Balaban J connectivity index is 1.46. The highest BCUT2D eigenvalue weighted by Crippen LogP contribution is 2.44. The van der Waals surface area contributed by atoms with Crippen molar-refractivity contribution in [2.75, 3.05) is 22.9 Å². The average Bonchev–Trinajstić information content (AvgIpc) is 3.14. The number of anilines is 3. The molecule has 2 atom stereocenters. The van der Waals surface area contributed by atoms with Gasteiger partial charge in [0.2, 0.25) is 5.78 Å². The molecule has 10 heteroatoms. The number of nitrogens with zero attached hydrogens (tertiary/aromatic N) is 2. The lowest BCUT2D eigenvalue weighted by atomic mass is 9.79. The Labute approximate surface area is 314 Å². The molecule has 0 aliphatic heterocycles. The first-order valence-corrected chi connectivity index (χ1v) is 18.9. The Morgan fingerprint density at radius 3 is 1.70 bits per heavy atom. The predicted molar refractivity (Wildman–Crippen MR) is 206 cm³/mol. The second-order valence-electron chi connectivity index (χ2n) is 14.1. The zero-order valence-corrected chi connectivity index (χ0v) is 31.3. The van der Waals surface area contributed by atoms with Gasteiger partial charge in [0.15, 0.2) is 5.78 Å². The molecule has 0 saturated carbocycles. The number of ketones is 2. The largest absolute Gasteiger partial charge is 0.507 e. The predicted octanol–water partition coefficient (Wildman–Crippen LogP) is 11.2. The zero-order chi connectivity index (χ0) is 39.1. The Bertz CT molecular complexity index is 2020. The minimum Gasteiger partial charge on any atom is -0.507 e. The second-order valence-corrected chi connectivity index (χ2v) is 14.1. The fourth-order valence-corrected chi connectivity index (χ4v) is 7.12. The summed E-state index contributed by atoms with van der Waals surface area (Å²) < 4.78 is 57.9. The number of aliphatic hydroxyl groups excluding tert-OH is 1. The number of aliphatic hydroxyl groups is 1. The van der Waals surface area contributed by atoms with Crippen molar-refractivity contribution in [2.24, 2.45) is 11.8 Å². The van der Waals surface area contributed by atoms with Crippen molar-refractivity contribution >= 4 is 34.2 Å². The van der Waals surface area contributed by atoms with Crippen LogP contribution in [0.5, 0.6) is 5.75 Å². The van der Waals surface area contributed by atoms with Gasteiger partial charge in [-0.15, -0.1) is 0 Å². The van der Waals surface area contributed by atoms with Crippen molar-refractivity contribution < 1.29 is 37.4 Å². The quantitative estimate of drug-likeness (QED) is 0.106. The van der Waals surface area contributed by atoms with Gasteiger partial charge in [-0.05, 0) is 73.2 Å². The van der Waals surface area contributed by atoms with Gasteiger partial charge in [-0.1, -0.05) is 66.2 Å². The maximum absolute atomic E-state index is 15.1. The molecule has 286 valence electrons. The maximum Gasteiger partial charge on any atom is 0.202 e. The van der Waals surface area contributed by atoms with Crippen molar-refractivity contribution in [3.05, 3.63) is 124 Å². The van der Waals surface area contributed by atoms with Gasteiger partial charge in [0.25, 0.3) is 0 Å². The Morgan fingerprint density at radius 1 is 0.667 bits per heavy atom. The molecule has 0 amide bonds. The summed E-state index contributed by atoms with van der Waals surface area (Å²) in [4.78, 5) is 30.5. The molecule has 0 radical (unpaired) electrons. The molecule has 2 aliphatic rings. The van der Waals surface area contributed by atoms with Crippen LogP contribution in [0.2, 0.25) is 0 Å². The van der Waals surface area contributed by atoms with E-state index in [1.54, 1.807) is 21.9 Å². The second kappa shape index (κ2) is 17.8. The van der Waals surface area contributed by atoms with Crippen LogP contribution in [0, 0.1) is 35.1 Å². The van der Waals surface area contributed by atoms with E-state index in [0.717, 1.165) is 69.6 Å². The number of Topliss-reactive ketones (excluding diaryl/α,β-unsaturated/α-hetero) is 1. The van der Waals surface area contributed by atoms with E-state index in [-0.39, 0.29) is 51.2 Å². The number of rotatable bonds is 17. The third-order valence-electron chi connectivity index (χ3n) is 10.4. The lowest BCUT2D eigenvalue weighted by molar-refractivity contribution is -0.114. The van der Waals surface area contributed by atoms with Gasteiger partial charge in [-0.3, -0.25) is 9.59 Å². The van der Waals surface area contributed by atoms with Crippen LogP contribution in [0.4, 0.5) is 34.6 Å². The van der Waals surface area contributed by atoms with E-state index in [0.29, 0.717) is 24.5 Å². The monoisotopic (exact) mass is 744 g/mol. The van der Waals surface area contributed by atoms with Crippen LogP contribution in [0.3, 0.4) is 0 Å². The molecular weight excluding hydrogens is 696 g/mol. The van der Waals surface area contributed by atoms with Gasteiger partial charge < -0.3 is 20.0 Å². The minimum absolute atomic E-state index is 0.0299. The van der Waals surface area contributed by atoms with E-state index in [4.69, 9.17) is 0 Å². The first-order valence-electron chi connectivity index (χ1n) is 18.9. The van der Waals surface area contributed by atoms with E-state index in [2.05, 4.69) is 13.8 Å². The molecule has 0 spiro atoms. The molecule has 0 saturated heterocycles. The summed E-state index contributed by atoms with van der Waals surface area (Å²) >= 11 is 0. The molecule has 0 aromatic heterocycles. The summed E-state index contributed by atoms with van der Waals surface area (Å²) in [6.45, 7) is 9.03. The smallest absolute Gasteiger partial charge is 0.202 e. The summed E-state index contributed by atoms with van der Waals surface area (Å²) in [5.41, 5.74) is 0.592. The normalized spacial score (nSPS) is 16.7. The van der Waals surface area contributed by atoms with Gasteiger partial charge in [0, 0.05) is 59.9 Å². The van der Waals surface area contributed by atoms with Crippen LogP contribution >= 0.6 is 0 Å². The zero-order valence-electron chi connectivity index (χ0n) is 31.3. The summed E-state index contributed by atoms with van der Waals surface area (Å²) in [5, 5.41) is 22.4. The fourth-order valence-electron chi connectivity index (χ4n) is 7.12. The van der Waals surface area contributed by atoms with Gasteiger partial charge in [0.1, 0.15) is 34.8 Å². The minimum atomic E-state index is -0.774. The van der Waals surface area contributed by atoms with Gasteiger partial charge in [-0.25, -0.2) is 17.6 Å². The molecule has 54 heavy (non-hydrogen) atoms. The molecule has 5 rings (SSSR count). The SMILES string of the molecule is CCCCC(CC)CN(C1=CC(=O)C(=C2C(=O)C(c3ccc(N(CC(CC)CCCC)c4ccc(F)cc4F)cc3O)=C2O)C=C1)c1ccc(F)cc1F.